The number of hydrogen-bond acceptors (Lipinski definition) is 4. The van der Waals surface area contributed by atoms with Crippen LogP contribution in [0.25, 0.3) is 0 Å². The number of rotatable bonds is 23. The first-order valence-corrected chi connectivity index (χ1v) is 14.3. The summed E-state index contributed by atoms with van der Waals surface area (Å²) < 4.78 is 36.5. The molecule has 0 bridgehead atoms. The zero-order valence-electron chi connectivity index (χ0n) is 22.5. The highest BCUT2D eigenvalue weighted by Crippen LogP contribution is 2.17. The van der Waals surface area contributed by atoms with E-state index < -0.39 is 17.6 Å². The number of unbranched alkanes of at least 4 members (excludes halogenated alkanes) is 16. The number of esters is 2. The molecule has 0 unspecified atom stereocenters. The molecule has 0 spiro atoms. The Morgan fingerprint density at radius 1 is 0.583 bits per heavy atom. The highest BCUT2D eigenvalue weighted by atomic mass is 19.1. The second-order valence-electron chi connectivity index (χ2n) is 9.81. The second-order valence-corrected chi connectivity index (χ2v) is 9.81. The molecule has 0 radical (unpaired) electrons. The molecule has 6 heteroatoms. The van der Waals surface area contributed by atoms with E-state index in [1.807, 2.05) is 0 Å². The minimum atomic E-state index is -0.772. The third-order valence-corrected chi connectivity index (χ3v) is 6.34. The molecule has 0 fully saturated rings. The van der Waals surface area contributed by atoms with E-state index in [1.165, 1.54) is 64.2 Å². The molecular weight excluding hydrogens is 462 g/mol. The topological polar surface area (TPSA) is 52.6 Å². The molecule has 4 nitrogen and oxygen atoms in total. The van der Waals surface area contributed by atoms with Gasteiger partial charge in [-0.05, 0) is 19.3 Å². The molecule has 0 aliphatic carbocycles. The van der Waals surface area contributed by atoms with Crippen molar-refractivity contribution in [3.8, 4) is 5.75 Å². The first-order valence-electron chi connectivity index (χ1n) is 14.3. The van der Waals surface area contributed by atoms with Gasteiger partial charge in [0.2, 0.25) is 0 Å². The monoisotopic (exact) mass is 510 g/mol. The molecule has 0 N–H and O–H groups in total. The molecule has 0 saturated carbocycles. The maximum absolute atomic E-state index is 13.1. The van der Waals surface area contributed by atoms with Gasteiger partial charge in [0.05, 0.1) is 6.61 Å². The van der Waals surface area contributed by atoms with Crippen molar-refractivity contribution in [3.05, 3.63) is 29.8 Å². The lowest BCUT2D eigenvalue weighted by atomic mass is 10.1. The van der Waals surface area contributed by atoms with E-state index in [0.717, 1.165) is 63.1 Å². The minimum Gasteiger partial charge on any atom is -0.466 e. The zero-order valence-corrected chi connectivity index (χ0v) is 22.5. The predicted molar refractivity (Wildman–Crippen MR) is 141 cm³/mol. The van der Waals surface area contributed by atoms with Crippen LogP contribution in [-0.4, -0.2) is 18.5 Å². The van der Waals surface area contributed by atoms with Crippen molar-refractivity contribution in [1.82, 2.24) is 0 Å². The standard InChI is InChI=1S/C30H48F2O4/c1-2-3-4-5-6-7-8-9-10-13-16-19-22-35-29(33)20-17-14-11-12-15-18-21-30(34)36-28-24-26(31)23-27(32)25-28/h23-25H,2-22H2,1H3. The maximum atomic E-state index is 13.1. The van der Waals surface area contributed by atoms with Crippen molar-refractivity contribution in [3.63, 3.8) is 0 Å². The molecule has 0 aromatic heterocycles. The Bertz CT molecular complexity index is 688. The Hall–Kier alpha value is -1.98. The van der Waals surface area contributed by atoms with Crippen LogP contribution in [0.3, 0.4) is 0 Å². The van der Waals surface area contributed by atoms with E-state index in [0.29, 0.717) is 19.4 Å². The van der Waals surface area contributed by atoms with Crippen LogP contribution in [0.4, 0.5) is 8.78 Å². The van der Waals surface area contributed by atoms with Crippen LogP contribution < -0.4 is 4.74 Å². The summed E-state index contributed by atoms with van der Waals surface area (Å²) >= 11 is 0. The van der Waals surface area contributed by atoms with Gasteiger partial charge in [-0.2, -0.15) is 0 Å². The molecule has 206 valence electrons. The molecular formula is C30H48F2O4. The average molecular weight is 511 g/mol. The first-order chi connectivity index (χ1) is 17.5. The van der Waals surface area contributed by atoms with Crippen LogP contribution in [0, 0.1) is 11.6 Å². The van der Waals surface area contributed by atoms with Crippen molar-refractivity contribution >= 4 is 11.9 Å². The third-order valence-electron chi connectivity index (χ3n) is 6.34. The Labute approximate surface area is 217 Å². The fraction of sp³-hybridized carbons (Fsp3) is 0.733. The minimum absolute atomic E-state index is 0.102. The number of carbonyl (C=O) groups excluding carboxylic acids is 2. The van der Waals surface area contributed by atoms with Crippen LogP contribution >= 0.6 is 0 Å². The Morgan fingerprint density at radius 3 is 1.50 bits per heavy atom. The van der Waals surface area contributed by atoms with Crippen LogP contribution in [0.1, 0.15) is 135 Å². The van der Waals surface area contributed by atoms with Crippen molar-refractivity contribution in [2.75, 3.05) is 6.61 Å². The van der Waals surface area contributed by atoms with Gasteiger partial charge in [0, 0.05) is 31.0 Å². The summed E-state index contributed by atoms with van der Waals surface area (Å²) in [5.74, 6) is -2.24. The van der Waals surface area contributed by atoms with E-state index in [9.17, 15) is 18.4 Å². The average Bonchev–Trinajstić information content (AvgIpc) is 2.83. The summed E-state index contributed by atoms with van der Waals surface area (Å²) in [7, 11) is 0. The predicted octanol–water partition coefficient (Wildman–Crippen LogP) is 9.24. The number of carbonyl (C=O) groups is 2. The summed E-state index contributed by atoms with van der Waals surface area (Å²) in [6.45, 7) is 2.79. The van der Waals surface area contributed by atoms with Crippen LogP contribution in [0.15, 0.2) is 18.2 Å². The molecule has 1 aromatic carbocycles. The second kappa shape index (κ2) is 22.2. The number of halogens is 2. The smallest absolute Gasteiger partial charge is 0.311 e. The van der Waals surface area contributed by atoms with Gasteiger partial charge >= 0.3 is 11.9 Å². The summed E-state index contributed by atoms with van der Waals surface area (Å²) in [4.78, 5) is 23.6. The van der Waals surface area contributed by atoms with Gasteiger partial charge in [0.1, 0.15) is 17.4 Å². The highest BCUT2D eigenvalue weighted by Gasteiger charge is 2.08. The molecule has 1 rings (SSSR count). The number of hydrogen-bond donors (Lipinski definition) is 0. The van der Waals surface area contributed by atoms with Crippen LogP contribution in [-0.2, 0) is 14.3 Å². The Kier molecular flexibility index (Phi) is 19.8. The zero-order chi connectivity index (χ0) is 26.3. The Balaban J connectivity index is 1.83. The molecule has 0 saturated heterocycles. The van der Waals surface area contributed by atoms with Crippen molar-refractivity contribution in [2.24, 2.45) is 0 Å². The molecule has 0 aliphatic heterocycles. The molecule has 1 aromatic rings. The van der Waals surface area contributed by atoms with Gasteiger partial charge in [-0.15, -0.1) is 0 Å². The summed E-state index contributed by atoms with van der Waals surface area (Å²) in [6, 6.07) is 2.71. The third kappa shape index (κ3) is 19.2. The van der Waals surface area contributed by atoms with Gasteiger partial charge in [-0.3, -0.25) is 9.59 Å². The maximum Gasteiger partial charge on any atom is 0.311 e. The quantitative estimate of drug-likeness (QED) is 0.0836. The highest BCUT2D eigenvalue weighted by molar-refractivity contribution is 5.72. The normalized spacial score (nSPS) is 11.0. The Morgan fingerprint density at radius 2 is 1.00 bits per heavy atom. The molecule has 36 heavy (non-hydrogen) atoms. The lowest BCUT2D eigenvalue weighted by Gasteiger charge is -2.06. The number of ether oxygens (including phenoxy) is 2. The fourth-order valence-corrected chi connectivity index (χ4v) is 4.22. The van der Waals surface area contributed by atoms with Gasteiger partial charge in [0.15, 0.2) is 0 Å². The van der Waals surface area contributed by atoms with E-state index >= 15 is 0 Å². The van der Waals surface area contributed by atoms with E-state index in [2.05, 4.69) is 6.92 Å². The molecule has 0 atom stereocenters. The first kappa shape index (κ1) is 32.0. The van der Waals surface area contributed by atoms with Gasteiger partial charge in [0.25, 0.3) is 0 Å². The van der Waals surface area contributed by atoms with E-state index in [4.69, 9.17) is 9.47 Å². The van der Waals surface area contributed by atoms with Crippen LogP contribution in [0.2, 0.25) is 0 Å². The fourth-order valence-electron chi connectivity index (χ4n) is 4.22. The van der Waals surface area contributed by atoms with Gasteiger partial charge in [-0.1, -0.05) is 103 Å². The summed E-state index contributed by atoms with van der Waals surface area (Å²) in [6.07, 6.45) is 21.5. The summed E-state index contributed by atoms with van der Waals surface area (Å²) in [5.41, 5.74) is 0. The van der Waals surface area contributed by atoms with Gasteiger partial charge in [-0.25, -0.2) is 8.78 Å². The van der Waals surface area contributed by atoms with Gasteiger partial charge < -0.3 is 9.47 Å². The van der Waals surface area contributed by atoms with Crippen molar-refractivity contribution < 1.29 is 27.8 Å². The molecule has 0 heterocycles. The SMILES string of the molecule is CCCCCCCCCCCCCCOC(=O)CCCCCCCCC(=O)Oc1cc(F)cc(F)c1. The lowest BCUT2D eigenvalue weighted by Crippen LogP contribution is -2.08. The van der Waals surface area contributed by atoms with Crippen molar-refractivity contribution in [2.45, 2.75) is 135 Å². The molecule has 0 amide bonds. The molecule has 0 aliphatic rings. The summed E-state index contributed by atoms with van der Waals surface area (Å²) in [5, 5.41) is 0. The van der Waals surface area contributed by atoms with Crippen LogP contribution in [0.5, 0.6) is 5.75 Å². The number of benzene rings is 1. The van der Waals surface area contributed by atoms with E-state index in [1.54, 1.807) is 0 Å². The largest absolute Gasteiger partial charge is 0.466 e. The van der Waals surface area contributed by atoms with E-state index in [-0.39, 0.29) is 18.1 Å². The lowest BCUT2D eigenvalue weighted by molar-refractivity contribution is -0.144. The van der Waals surface area contributed by atoms with Crippen molar-refractivity contribution in [1.29, 1.82) is 0 Å².